The summed E-state index contributed by atoms with van der Waals surface area (Å²) in [6.07, 6.45) is -0.513. The van der Waals surface area contributed by atoms with Crippen LogP contribution in [0.5, 0.6) is 0 Å². The minimum Gasteiger partial charge on any atom is -0.392 e. The van der Waals surface area contributed by atoms with Crippen LogP contribution in [0.2, 0.25) is 0 Å². The Morgan fingerprint density at radius 2 is 2.18 bits per heavy atom. The number of hydrogen-bond donors (Lipinski definition) is 2. The van der Waals surface area contributed by atoms with Crippen LogP contribution in [0.3, 0.4) is 0 Å². The predicted molar refractivity (Wildman–Crippen MR) is 71.2 cm³/mol. The Bertz CT molecular complexity index is 360. The van der Waals surface area contributed by atoms with Gasteiger partial charge in [-0.3, -0.25) is 0 Å². The summed E-state index contributed by atoms with van der Waals surface area (Å²) in [6, 6.07) is 5.69. The Morgan fingerprint density at radius 3 is 2.71 bits per heavy atom. The molecular formula is C12H18BrNO3. The third-order valence-corrected chi connectivity index (χ3v) is 3.23. The number of likely N-dealkylation sites (N-methyl/N-ethyl adjacent to an activating group) is 1. The van der Waals surface area contributed by atoms with Gasteiger partial charge >= 0.3 is 0 Å². The SMILES string of the molecule is COCC(O)CN(C)c1ccc(CO)c(Br)c1. The molecule has 0 saturated carbocycles. The maximum atomic E-state index is 9.63. The number of hydrogen-bond acceptors (Lipinski definition) is 4. The highest BCUT2D eigenvalue weighted by atomic mass is 79.9. The topological polar surface area (TPSA) is 52.9 Å². The van der Waals surface area contributed by atoms with E-state index >= 15 is 0 Å². The predicted octanol–water partition coefficient (Wildman–Crippen LogP) is 1.38. The van der Waals surface area contributed by atoms with Crippen LogP contribution < -0.4 is 4.90 Å². The summed E-state index contributed by atoms with van der Waals surface area (Å²) < 4.78 is 5.75. The van der Waals surface area contributed by atoms with Gasteiger partial charge in [0.15, 0.2) is 0 Å². The highest BCUT2D eigenvalue weighted by molar-refractivity contribution is 9.10. The van der Waals surface area contributed by atoms with Gasteiger partial charge in [0.1, 0.15) is 0 Å². The Labute approximate surface area is 110 Å². The van der Waals surface area contributed by atoms with Crippen molar-refractivity contribution in [3.05, 3.63) is 28.2 Å². The van der Waals surface area contributed by atoms with E-state index in [0.717, 1.165) is 15.7 Å². The molecule has 0 heterocycles. The summed E-state index contributed by atoms with van der Waals surface area (Å²) in [5.41, 5.74) is 1.82. The minimum atomic E-state index is -0.513. The maximum Gasteiger partial charge on any atom is 0.0947 e. The van der Waals surface area contributed by atoms with Crippen LogP contribution in [0.25, 0.3) is 0 Å². The molecular weight excluding hydrogens is 286 g/mol. The van der Waals surface area contributed by atoms with Crippen molar-refractivity contribution in [2.75, 3.05) is 32.2 Å². The summed E-state index contributed by atoms with van der Waals surface area (Å²) in [4.78, 5) is 1.94. The van der Waals surface area contributed by atoms with Crippen molar-refractivity contribution in [1.82, 2.24) is 0 Å². The lowest BCUT2D eigenvalue weighted by atomic mass is 10.2. The zero-order valence-electron chi connectivity index (χ0n) is 10.1. The molecule has 1 aromatic rings. The van der Waals surface area contributed by atoms with E-state index in [1.165, 1.54) is 0 Å². The molecule has 0 aliphatic carbocycles. The molecule has 0 aliphatic rings. The van der Waals surface area contributed by atoms with Crippen molar-refractivity contribution >= 4 is 21.6 Å². The van der Waals surface area contributed by atoms with Crippen LogP contribution in [-0.2, 0) is 11.3 Å². The lowest BCUT2D eigenvalue weighted by molar-refractivity contribution is 0.0695. The number of ether oxygens (including phenoxy) is 1. The van der Waals surface area contributed by atoms with Crippen molar-refractivity contribution < 1.29 is 14.9 Å². The largest absolute Gasteiger partial charge is 0.392 e. The molecule has 0 aliphatic heterocycles. The molecule has 0 amide bonds. The minimum absolute atomic E-state index is 0.0108. The van der Waals surface area contributed by atoms with E-state index in [4.69, 9.17) is 9.84 Å². The quantitative estimate of drug-likeness (QED) is 0.834. The molecule has 1 unspecified atom stereocenters. The third-order valence-electron chi connectivity index (χ3n) is 2.49. The van der Waals surface area contributed by atoms with Gasteiger partial charge < -0.3 is 19.8 Å². The van der Waals surface area contributed by atoms with Crippen molar-refractivity contribution in [2.24, 2.45) is 0 Å². The van der Waals surface area contributed by atoms with E-state index in [2.05, 4.69) is 15.9 Å². The molecule has 1 rings (SSSR count). The van der Waals surface area contributed by atoms with Gasteiger partial charge in [-0.1, -0.05) is 22.0 Å². The number of halogens is 1. The Balaban J connectivity index is 2.69. The van der Waals surface area contributed by atoms with Crippen molar-refractivity contribution in [3.63, 3.8) is 0 Å². The smallest absolute Gasteiger partial charge is 0.0947 e. The van der Waals surface area contributed by atoms with Gasteiger partial charge in [0.25, 0.3) is 0 Å². The number of aliphatic hydroxyl groups excluding tert-OH is 2. The average molecular weight is 304 g/mol. The lowest BCUT2D eigenvalue weighted by Crippen LogP contribution is -2.31. The first-order chi connectivity index (χ1) is 8.08. The molecule has 0 radical (unpaired) electrons. The Hall–Kier alpha value is -0.620. The normalized spacial score (nSPS) is 12.5. The number of nitrogens with zero attached hydrogens (tertiary/aromatic N) is 1. The summed E-state index contributed by atoms with van der Waals surface area (Å²) >= 11 is 3.40. The third kappa shape index (κ3) is 4.27. The molecule has 0 saturated heterocycles. The number of rotatable bonds is 6. The summed E-state index contributed by atoms with van der Waals surface area (Å²) in [7, 11) is 3.47. The molecule has 0 aromatic heterocycles. The summed E-state index contributed by atoms with van der Waals surface area (Å²) in [5, 5.41) is 18.7. The second-order valence-electron chi connectivity index (χ2n) is 3.92. The van der Waals surface area contributed by atoms with Gasteiger partial charge in [0, 0.05) is 30.9 Å². The molecule has 1 atom stereocenters. The molecule has 2 N–H and O–H groups in total. The van der Waals surface area contributed by atoms with Crippen LogP contribution in [0.1, 0.15) is 5.56 Å². The number of anilines is 1. The van der Waals surface area contributed by atoms with Crippen LogP contribution >= 0.6 is 15.9 Å². The Kier molecular flexibility index (Phi) is 5.91. The molecule has 96 valence electrons. The van der Waals surface area contributed by atoms with Crippen molar-refractivity contribution in [2.45, 2.75) is 12.7 Å². The Morgan fingerprint density at radius 1 is 1.47 bits per heavy atom. The second kappa shape index (κ2) is 6.96. The van der Waals surface area contributed by atoms with E-state index < -0.39 is 6.10 Å². The molecule has 0 bridgehead atoms. The first-order valence-corrected chi connectivity index (χ1v) is 6.15. The number of methoxy groups -OCH3 is 1. The van der Waals surface area contributed by atoms with Crippen LogP contribution in [-0.4, -0.2) is 43.6 Å². The van der Waals surface area contributed by atoms with E-state index in [9.17, 15) is 5.11 Å². The van der Waals surface area contributed by atoms with E-state index in [-0.39, 0.29) is 6.61 Å². The van der Waals surface area contributed by atoms with Crippen LogP contribution in [0.4, 0.5) is 5.69 Å². The van der Waals surface area contributed by atoms with Gasteiger partial charge in [0.05, 0.1) is 19.3 Å². The monoisotopic (exact) mass is 303 g/mol. The zero-order valence-corrected chi connectivity index (χ0v) is 11.6. The highest BCUT2D eigenvalue weighted by Crippen LogP contribution is 2.23. The first kappa shape index (κ1) is 14.4. The molecule has 0 spiro atoms. The van der Waals surface area contributed by atoms with Gasteiger partial charge in [-0.25, -0.2) is 0 Å². The summed E-state index contributed by atoms with van der Waals surface area (Å²) in [6.45, 7) is 0.829. The molecule has 5 heteroatoms. The first-order valence-electron chi connectivity index (χ1n) is 5.36. The standard InChI is InChI=1S/C12H18BrNO3/c1-14(6-11(16)8-17-2)10-4-3-9(7-15)12(13)5-10/h3-5,11,15-16H,6-8H2,1-2H3. The lowest BCUT2D eigenvalue weighted by Gasteiger charge is -2.23. The van der Waals surface area contributed by atoms with E-state index in [1.54, 1.807) is 7.11 Å². The fraction of sp³-hybridized carbons (Fsp3) is 0.500. The molecule has 17 heavy (non-hydrogen) atoms. The maximum absolute atomic E-state index is 9.63. The van der Waals surface area contributed by atoms with Crippen molar-refractivity contribution in [1.29, 1.82) is 0 Å². The van der Waals surface area contributed by atoms with Crippen LogP contribution in [0, 0.1) is 0 Å². The van der Waals surface area contributed by atoms with Gasteiger partial charge in [-0.2, -0.15) is 0 Å². The van der Waals surface area contributed by atoms with Gasteiger partial charge in [0.2, 0.25) is 0 Å². The zero-order chi connectivity index (χ0) is 12.8. The molecule has 4 nitrogen and oxygen atoms in total. The van der Waals surface area contributed by atoms with Crippen molar-refractivity contribution in [3.8, 4) is 0 Å². The molecule has 0 fully saturated rings. The second-order valence-corrected chi connectivity index (χ2v) is 4.78. The molecule has 1 aromatic carbocycles. The van der Waals surface area contributed by atoms with Gasteiger partial charge in [-0.15, -0.1) is 0 Å². The fourth-order valence-corrected chi connectivity index (χ4v) is 2.06. The van der Waals surface area contributed by atoms with Crippen LogP contribution in [0.15, 0.2) is 22.7 Å². The number of aliphatic hydroxyl groups is 2. The van der Waals surface area contributed by atoms with Gasteiger partial charge in [-0.05, 0) is 17.7 Å². The summed E-state index contributed by atoms with van der Waals surface area (Å²) in [5.74, 6) is 0. The number of benzene rings is 1. The average Bonchev–Trinajstić information content (AvgIpc) is 2.29. The fourth-order valence-electron chi connectivity index (χ4n) is 1.57. The van der Waals surface area contributed by atoms with E-state index in [0.29, 0.717) is 13.2 Å². The highest BCUT2D eigenvalue weighted by Gasteiger charge is 2.09. The van der Waals surface area contributed by atoms with E-state index in [1.807, 2.05) is 30.1 Å².